The highest BCUT2D eigenvalue weighted by atomic mass is 19.4. The molecule has 9 heteroatoms. The number of carbonyl (C=O) groups excluding carboxylic acids is 2. The summed E-state index contributed by atoms with van der Waals surface area (Å²) in [4.78, 5) is 23.2. The fourth-order valence-electron chi connectivity index (χ4n) is 1.78. The van der Waals surface area contributed by atoms with Crippen LogP contribution in [0.4, 0.5) is 23.7 Å². The largest absolute Gasteiger partial charge is 0.484 e. The first-order chi connectivity index (χ1) is 11.9. The number of ether oxygens (including phenoxy) is 2. The van der Waals surface area contributed by atoms with Crippen LogP contribution in [0.25, 0.3) is 0 Å². The lowest BCUT2D eigenvalue weighted by atomic mass is 10.2. The van der Waals surface area contributed by atoms with Crippen LogP contribution in [0.5, 0.6) is 5.75 Å². The highest BCUT2D eigenvalue weighted by Gasteiger charge is 2.28. The van der Waals surface area contributed by atoms with Gasteiger partial charge in [0, 0.05) is 18.7 Å². The Morgan fingerprint density at radius 2 is 1.69 bits per heavy atom. The molecule has 0 aliphatic heterocycles. The average molecular weight is 376 g/mol. The van der Waals surface area contributed by atoms with Gasteiger partial charge >= 0.3 is 12.3 Å². The smallest absolute Gasteiger partial charge is 0.422 e. The highest BCUT2D eigenvalue weighted by molar-refractivity contribution is 5.90. The van der Waals surface area contributed by atoms with E-state index in [1.165, 1.54) is 24.3 Å². The van der Waals surface area contributed by atoms with Gasteiger partial charge in [-0.05, 0) is 51.5 Å². The second-order valence-electron chi connectivity index (χ2n) is 6.51. The Labute approximate surface area is 150 Å². The lowest BCUT2D eigenvalue weighted by Crippen LogP contribution is -2.33. The van der Waals surface area contributed by atoms with E-state index in [0.717, 1.165) is 0 Å². The van der Waals surface area contributed by atoms with E-state index in [0.29, 0.717) is 12.1 Å². The van der Waals surface area contributed by atoms with Crippen molar-refractivity contribution < 1.29 is 32.2 Å². The summed E-state index contributed by atoms with van der Waals surface area (Å²) >= 11 is 0. The first-order valence-electron chi connectivity index (χ1n) is 8.01. The summed E-state index contributed by atoms with van der Waals surface area (Å²) in [6, 6.07) is 5.57. The zero-order valence-electron chi connectivity index (χ0n) is 14.9. The van der Waals surface area contributed by atoms with Crippen LogP contribution in [0.1, 0.15) is 33.6 Å². The number of carbonyl (C=O) groups is 2. The molecule has 1 aromatic rings. The van der Waals surface area contributed by atoms with Crippen LogP contribution in [0.2, 0.25) is 0 Å². The van der Waals surface area contributed by atoms with E-state index in [2.05, 4.69) is 15.4 Å². The first-order valence-corrected chi connectivity index (χ1v) is 8.01. The van der Waals surface area contributed by atoms with Gasteiger partial charge in [-0.1, -0.05) is 0 Å². The fourth-order valence-corrected chi connectivity index (χ4v) is 1.78. The van der Waals surface area contributed by atoms with E-state index >= 15 is 0 Å². The molecule has 0 aliphatic carbocycles. The Morgan fingerprint density at radius 1 is 1.08 bits per heavy atom. The number of amides is 2. The highest BCUT2D eigenvalue weighted by Crippen LogP contribution is 2.20. The summed E-state index contributed by atoms with van der Waals surface area (Å²) in [6.07, 6.45) is -4.37. The number of hydrogen-bond acceptors (Lipinski definition) is 4. The number of alkyl carbamates (subject to hydrolysis) is 1. The molecule has 6 nitrogen and oxygen atoms in total. The number of nitrogens with one attached hydrogen (secondary N) is 2. The van der Waals surface area contributed by atoms with Gasteiger partial charge in [-0.15, -0.1) is 0 Å². The monoisotopic (exact) mass is 376 g/mol. The van der Waals surface area contributed by atoms with Gasteiger partial charge in [0.2, 0.25) is 5.91 Å². The number of rotatable bonds is 7. The standard InChI is InChI=1S/C17H23F3N2O4/c1-16(2,3)26-15(24)21-10-4-5-14(23)22-12-6-8-13(9-7-12)25-11-17(18,19)20/h6-9H,4-5,10-11H2,1-3H3,(H,21,24)(H,22,23). The molecule has 0 saturated heterocycles. The van der Waals surface area contributed by atoms with Gasteiger partial charge in [0.15, 0.2) is 6.61 Å². The van der Waals surface area contributed by atoms with Crippen LogP contribution in [-0.2, 0) is 9.53 Å². The third-order valence-electron chi connectivity index (χ3n) is 2.79. The van der Waals surface area contributed by atoms with Gasteiger partial charge in [-0.3, -0.25) is 4.79 Å². The van der Waals surface area contributed by atoms with Crippen molar-refractivity contribution in [1.82, 2.24) is 5.32 Å². The molecular formula is C17H23F3N2O4. The number of alkyl halides is 3. The Kier molecular flexibility index (Phi) is 7.73. The van der Waals surface area contributed by atoms with Crippen molar-refractivity contribution in [2.24, 2.45) is 0 Å². The molecule has 146 valence electrons. The van der Waals surface area contributed by atoms with Crippen LogP contribution < -0.4 is 15.4 Å². The van der Waals surface area contributed by atoms with Crippen LogP contribution >= 0.6 is 0 Å². The van der Waals surface area contributed by atoms with Crippen LogP contribution in [0.3, 0.4) is 0 Å². The minimum atomic E-state index is -4.40. The molecule has 0 aromatic heterocycles. The van der Waals surface area contributed by atoms with Gasteiger partial charge < -0.3 is 20.1 Å². The maximum absolute atomic E-state index is 12.1. The van der Waals surface area contributed by atoms with Gasteiger partial charge in [0.05, 0.1) is 0 Å². The van der Waals surface area contributed by atoms with Crippen LogP contribution in [-0.4, -0.2) is 36.9 Å². The van der Waals surface area contributed by atoms with E-state index in [1.807, 2.05) is 0 Å². The Balaban J connectivity index is 2.27. The first kappa shape index (κ1) is 21.6. The van der Waals surface area contributed by atoms with E-state index < -0.39 is 24.5 Å². The predicted octanol–water partition coefficient (Wildman–Crippen LogP) is 3.87. The second kappa shape index (κ2) is 9.30. The lowest BCUT2D eigenvalue weighted by Gasteiger charge is -2.19. The summed E-state index contributed by atoms with van der Waals surface area (Å²) in [5, 5.41) is 5.15. The van der Waals surface area contributed by atoms with Gasteiger partial charge in [0.25, 0.3) is 0 Å². The molecule has 0 spiro atoms. The van der Waals surface area contributed by atoms with Crippen molar-refractivity contribution in [3.8, 4) is 5.75 Å². The molecule has 0 atom stereocenters. The summed E-state index contributed by atoms with van der Waals surface area (Å²) in [6.45, 7) is 4.16. The van der Waals surface area contributed by atoms with E-state index in [9.17, 15) is 22.8 Å². The molecule has 0 aliphatic rings. The van der Waals surface area contributed by atoms with Gasteiger partial charge in [0.1, 0.15) is 11.4 Å². The van der Waals surface area contributed by atoms with Crippen molar-refractivity contribution in [3.05, 3.63) is 24.3 Å². The number of anilines is 1. The van der Waals surface area contributed by atoms with Crippen molar-refractivity contribution in [2.45, 2.75) is 45.4 Å². The van der Waals surface area contributed by atoms with Crippen molar-refractivity contribution in [3.63, 3.8) is 0 Å². The van der Waals surface area contributed by atoms with Crippen molar-refractivity contribution in [2.75, 3.05) is 18.5 Å². The quantitative estimate of drug-likeness (QED) is 0.709. The summed E-state index contributed by atoms with van der Waals surface area (Å²) in [5.41, 5.74) is -0.147. The summed E-state index contributed by atoms with van der Waals surface area (Å²) in [5.74, 6) is -0.221. The Hall–Kier alpha value is -2.45. The maximum Gasteiger partial charge on any atom is 0.422 e. The topological polar surface area (TPSA) is 76.7 Å². The van der Waals surface area contributed by atoms with E-state index in [-0.39, 0.29) is 24.6 Å². The summed E-state index contributed by atoms with van der Waals surface area (Å²) < 4.78 is 45.8. The zero-order valence-corrected chi connectivity index (χ0v) is 14.9. The molecule has 0 unspecified atom stereocenters. The summed E-state index contributed by atoms with van der Waals surface area (Å²) in [7, 11) is 0. The minimum absolute atomic E-state index is 0.0573. The van der Waals surface area contributed by atoms with E-state index in [1.54, 1.807) is 20.8 Å². The third kappa shape index (κ3) is 10.4. The fraction of sp³-hybridized carbons (Fsp3) is 0.529. The number of halogens is 3. The third-order valence-corrected chi connectivity index (χ3v) is 2.79. The average Bonchev–Trinajstić information content (AvgIpc) is 2.48. The lowest BCUT2D eigenvalue weighted by molar-refractivity contribution is -0.153. The molecule has 1 aromatic carbocycles. The van der Waals surface area contributed by atoms with E-state index in [4.69, 9.17) is 4.74 Å². The molecular weight excluding hydrogens is 353 g/mol. The molecule has 2 amide bonds. The molecule has 0 radical (unpaired) electrons. The minimum Gasteiger partial charge on any atom is -0.484 e. The Bertz CT molecular complexity index is 596. The Morgan fingerprint density at radius 3 is 2.23 bits per heavy atom. The van der Waals surface area contributed by atoms with Crippen molar-refractivity contribution >= 4 is 17.7 Å². The molecule has 0 bridgehead atoms. The molecule has 1 rings (SSSR count). The zero-order chi connectivity index (χ0) is 19.8. The van der Waals surface area contributed by atoms with Gasteiger partial charge in [-0.25, -0.2) is 4.79 Å². The van der Waals surface area contributed by atoms with Crippen LogP contribution in [0, 0.1) is 0 Å². The van der Waals surface area contributed by atoms with Crippen molar-refractivity contribution in [1.29, 1.82) is 0 Å². The maximum atomic E-state index is 12.1. The number of benzene rings is 1. The molecule has 26 heavy (non-hydrogen) atoms. The van der Waals surface area contributed by atoms with Gasteiger partial charge in [-0.2, -0.15) is 13.2 Å². The number of hydrogen-bond donors (Lipinski definition) is 2. The normalized spacial score (nSPS) is 11.6. The second-order valence-corrected chi connectivity index (χ2v) is 6.51. The molecule has 0 saturated carbocycles. The molecule has 2 N–H and O–H groups in total. The van der Waals surface area contributed by atoms with Crippen LogP contribution in [0.15, 0.2) is 24.3 Å². The molecule has 0 fully saturated rings. The predicted molar refractivity (Wildman–Crippen MR) is 90.1 cm³/mol. The molecule has 0 heterocycles. The SMILES string of the molecule is CC(C)(C)OC(=O)NCCCC(=O)Nc1ccc(OCC(F)(F)F)cc1.